The molecule has 0 saturated carbocycles. The lowest BCUT2D eigenvalue weighted by molar-refractivity contribution is -0.132. The number of aryl methyl sites for hydroxylation is 1. The molecule has 2 aromatic carbocycles. The summed E-state index contributed by atoms with van der Waals surface area (Å²) in [6.45, 7) is 1.76. The van der Waals surface area contributed by atoms with Gasteiger partial charge in [-0.05, 0) is 55.5 Å². The topological polar surface area (TPSA) is 99.4 Å². The van der Waals surface area contributed by atoms with Crippen LogP contribution < -0.4 is 4.90 Å². The molecule has 1 saturated heterocycles. The van der Waals surface area contributed by atoms with E-state index in [2.05, 4.69) is 9.97 Å². The van der Waals surface area contributed by atoms with E-state index in [9.17, 15) is 14.7 Å². The van der Waals surface area contributed by atoms with E-state index in [0.717, 1.165) is 0 Å². The van der Waals surface area contributed by atoms with Crippen LogP contribution in [0.5, 0.6) is 0 Å². The number of furan rings is 1. The lowest BCUT2D eigenvalue weighted by Gasteiger charge is -2.20. The molecule has 1 amide bonds. The molecular weight excluding hydrogens is 418 g/mol. The zero-order valence-electron chi connectivity index (χ0n) is 16.3. The van der Waals surface area contributed by atoms with Gasteiger partial charge in [-0.15, -0.1) is 0 Å². The average Bonchev–Trinajstić information content (AvgIpc) is 3.44. The molecule has 1 unspecified atom stereocenters. The maximum Gasteiger partial charge on any atom is 0.302 e. The number of para-hydroxylation sites is 2. The van der Waals surface area contributed by atoms with Gasteiger partial charge in [0.1, 0.15) is 23.3 Å². The summed E-state index contributed by atoms with van der Waals surface area (Å²) in [6, 6.07) is 16.1. The number of hydrogen-bond donors (Lipinski definition) is 2. The molecule has 8 heteroatoms. The number of halogens is 1. The molecule has 2 N–H and O–H groups in total. The van der Waals surface area contributed by atoms with Gasteiger partial charge >= 0.3 is 5.91 Å². The van der Waals surface area contributed by atoms with Crippen LogP contribution in [0.15, 0.2) is 70.7 Å². The maximum absolute atomic E-state index is 13.1. The minimum absolute atomic E-state index is 0.0814. The molecule has 0 spiro atoms. The largest absolute Gasteiger partial charge is 0.507 e. The number of aromatic nitrogens is 2. The van der Waals surface area contributed by atoms with Gasteiger partial charge < -0.3 is 14.5 Å². The summed E-state index contributed by atoms with van der Waals surface area (Å²) in [7, 11) is 0. The summed E-state index contributed by atoms with van der Waals surface area (Å²) in [5, 5.41) is 11.5. The molecule has 0 bridgehead atoms. The Morgan fingerprint density at radius 2 is 1.84 bits per heavy atom. The van der Waals surface area contributed by atoms with Crippen molar-refractivity contribution in [1.29, 1.82) is 0 Å². The number of ketones is 1. The number of nitrogens with one attached hydrogen (secondary N) is 1. The zero-order valence-corrected chi connectivity index (χ0v) is 17.1. The number of anilines is 1. The van der Waals surface area contributed by atoms with E-state index in [1.807, 2.05) is 18.2 Å². The normalized spacial score (nSPS) is 18.3. The molecular formula is C23H16ClN3O4. The van der Waals surface area contributed by atoms with E-state index in [1.54, 1.807) is 49.4 Å². The number of imidazole rings is 1. The Hall–Kier alpha value is -3.84. The summed E-state index contributed by atoms with van der Waals surface area (Å²) >= 11 is 5.94. The van der Waals surface area contributed by atoms with Gasteiger partial charge in [0.05, 0.1) is 16.6 Å². The van der Waals surface area contributed by atoms with Crippen LogP contribution in [0.4, 0.5) is 5.95 Å². The van der Waals surface area contributed by atoms with Gasteiger partial charge in [0.15, 0.2) is 0 Å². The third kappa shape index (κ3) is 3.10. The molecule has 5 rings (SSSR count). The highest BCUT2D eigenvalue weighted by Crippen LogP contribution is 2.42. The Morgan fingerprint density at radius 1 is 1.10 bits per heavy atom. The number of aliphatic hydroxyl groups is 1. The standard InChI is InChI=1S/C23H16ClN3O4/c1-12-6-11-17(31-12)19-18(20(28)13-7-9-14(24)10-8-13)21(29)22(30)27(19)23-25-15-4-2-3-5-16(15)26-23/h2-11,19,28H,1H3,(H,25,26)/b20-18+. The first-order chi connectivity index (χ1) is 14.9. The van der Waals surface area contributed by atoms with Crippen LogP contribution in [0.3, 0.4) is 0 Å². The van der Waals surface area contributed by atoms with Crippen LogP contribution in [-0.2, 0) is 9.59 Å². The van der Waals surface area contributed by atoms with Gasteiger partial charge in [0.2, 0.25) is 5.95 Å². The summed E-state index contributed by atoms with van der Waals surface area (Å²) in [5.74, 6) is -0.810. The third-order valence-electron chi connectivity index (χ3n) is 5.20. The summed E-state index contributed by atoms with van der Waals surface area (Å²) in [6.07, 6.45) is 0. The van der Waals surface area contributed by atoms with Crippen LogP contribution in [0.1, 0.15) is 23.1 Å². The molecule has 31 heavy (non-hydrogen) atoms. The third-order valence-corrected chi connectivity index (χ3v) is 5.45. The Bertz CT molecular complexity index is 1330. The Balaban J connectivity index is 1.72. The molecule has 1 aliphatic heterocycles. The SMILES string of the molecule is Cc1ccc(C2/C(=C(\O)c3ccc(Cl)cc3)C(=O)C(=O)N2c2nc3ccccc3[nH]2)o1. The average molecular weight is 434 g/mol. The second-order valence-electron chi connectivity index (χ2n) is 7.20. The minimum Gasteiger partial charge on any atom is -0.507 e. The number of benzene rings is 2. The van der Waals surface area contributed by atoms with Crippen molar-refractivity contribution in [1.82, 2.24) is 9.97 Å². The van der Waals surface area contributed by atoms with Crippen molar-refractivity contribution >= 4 is 46.0 Å². The highest BCUT2D eigenvalue weighted by molar-refractivity contribution is 6.51. The molecule has 4 aromatic rings. The molecule has 1 aliphatic rings. The van der Waals surface area contributed by atoms with Crippen molar-refractivity contribution in [2.45, 2.75) is 13.0 Å². The number of H-pyrrole nitrogens is 1. The first-order valence-electron chi connectivity index (χ1n) is 9.52. The fourth-order valence-electron chi connectivity index (χ4n) is 3.74. The highest BCUT2D eigenvalue weighted by Gasteiger charge is 2.49. The maximum atomic E-state index is 13.1. The molecule has 0 radical (unpaired) electrons. The predicted molar refractivity (Wildman–Crippen MR) is 116 cm³/mol. The molecule has 7 nitrogen and oxygen atoms in total. The van der Waals surface area contributed by atoms with Crippen LogP contribution in [0.2, 0.25) is 5.02 Å². The number of hydrogen-bond acceptors (Lipinski definition) is 5. The Labute approximate surface area is 181 Å². The molecule has 1 fully saturated rings. The summed E-state index contributed by atoms with van der Waals surface area (Å²) in [4.78, 5) is 34.9. The second kappa shape index (κ2) is 7.14. The van der Waals surface area contributed by atoms with Crippen molar-refractivity contribution in [3.63, 3.8) is 0 Å². The highest BCUT2D eigenvalue weighted by atomic mass is 35.5. The minimum atomic E-state index is -0.982. The Kier molecular flexibility index (Phi) is 4.41. The molecule has 0 aliphatic carbocycles. The molecule has 1 atom stereocenters. The lowest BCUT2D eigenvalue weighted by atomic mass is 9.99. The quantitative estimate of drug-likeness (QED) is 0.276. The number of carbonyl (C=O) groups excluding carboxylic acids is 2. The van der Waals surface area contributed by atoms with E-state index in [1.165, 1.54) is 4.90 Å². The van der Waals surface area contributed by atoms with Gasteiger partial charge in [-0.25, -0.2) is 4.98 Å². The van der Waals surface area contributed by atoms with E-state index in [-0.39, 0.29) is 17.3 Å². The number of rotatable bonds is 3. The van der Waals surface area contributed by atoms with Crippen LogP contribution in [0.25, 0.3) is 16.8 Å². The van der Waals surface area contributed by atoms with Gasteiger partial charge in [-0.1, -0.05) is 23.7 Å². The first-order valence-corrected chi connectivity index (χ1v) is 9.90. The number of aliphatic hydroxyl groups excluding tert-OH is 1. The van der Waals surface area contributed by atoms with Gasteiger partial charge in [-0.3, -0.25) is 14.5 Å². The van der Waals surface area contributed by atoms with Gasteiger partial charge in [-0.2, -0.15) is 0 Å². The van der Waals surface area contributed by atoms with Crippen molar-refractivity contribution < 1.29 is 19.1 Å². The van der Waals surface area contributed by atoms with Crippen LogP contribution in [-0.4, -0.2) is 26.8 Å². The number of Topliss-reactive ketones (excluding diaryl/α,β-unsaturated/α-hetero) is 1. The fourth-order valence-corrected chi connectivity index (χ4v) is 3.86. The van der Waals surface area contributed by atoms with Gasteiger partial charge in [0.25, 0.3) is 5.78 Å². The van der Waals surface area contributed by atoms with Crippen molar-refractivity contribution in [2.75, 3.05) is 4.90 Å². The molecule has 2 aromatic heterocycles. The number of amides is 1. The van der Waals surface area contributed by atoms with Crippen LogP contribution in [0, 0.1) is 6.92 Å². The Morgan fingerprint density at radius 3 is 2.52 bits per heavy atom. The zero-order chi connectivity index (χ0) is 21.7. The number of fused-ring (bicyclic) bond motifs is 1. The number of nitrogens with zero attached hydrogens (tertiary/aromatic N) is 2. The van der Waals surface area contributed by atoms with E-state index in [4.69, 9.17) is 16.0 Å². The summed E-state index contributed by atoms with van der Waals surface area (Å²) in [5.41, 5.74) is 1.64. The van der Waals surface area contributed by atoms with Crippen LogP contribution >= 0.6 is 11.6 Å². The monoisotopic (exact) mass is 433 g/mol. The predicted octanol–water partition coefficient (Wildman–Crippen LogP) is 4.74. The van der Waals surface area contributed by atoms with E-state index >= 15 is 0 Å². The van der Waals surface area contributed by atoms with Crippen molar-refractivity contribution in [3.05, 3.63) is 88.3 Å². The number of carbonyl (C=O) groups is 2. The van der Waals surface area contributed by atoms with Crippen molar-refractivity contribution in [2.24, 2.45) is 0 Å². The number of aromatic amines is 1. The lowest BCUT2D eigenvalue weighted by Crippen LogP contribution is -2.30. The first kappa shape index (κ1) is 19.1. The second-order valence-corrected chi connectivity index (χ2v) is 7.64. The van der Waals surface area contributed by atoms with E-state index < -0.39 is 17.7 Å². The summed E-state index contributed by atoms with van der Waals surface area (Å²) < 4.78 is 5.77. The van der Waals surface area contributed by atoms with E-state index in [0.29, 0.717) is 33.1 Å². The van der Waals surface area contributed by atoms with Gasteiger partial charge in [0, 0.05) is 10.6 Å². The fraction of sp³-hybridized carbons (Fsp3) is 0.0870. The smallest absolute Gasteiger partial charge is 0.302 e. The van der Waals surface area contributed by atoms with Crippen molar-refractivity contribution in [3.8, 4) is 0 Å². The molecule has 154 valence electrons. The molecule has 3 heterocycles.